The third-order valence-corrected chi connectivity index (χ3v) is 52.9. The van der Waals surface area contributed by atoms with E-state index in [4.69, 9.17) is 12.7 Å². The van der Waals surface area contributed by atoms with Crippen LogP contribution >= 0.6 is 0 Å². The van der Waals surface area contributed by atoms with Crippen molar-refractivity contribution in [3.8, 4) is 11.5 Å². The Morgan fingerprint density at radius 1 is 0.442 bits per heavy atom. The van der Waals surface area contributed by atoms with Gasteiger partial charge in [0, 0.05) is 32.2 Å². The molecule has 0 amide bonds. The number of hydrogen-bond donors (Lipinski definition) is 2. The van der Waals surface area contributed by atoms with Gasteiger partial charge in [0.2, 0.25) is 0 Å². The van der Waals surface area contributed by atoms with Gasteiger partial charge in [-0.05, 0) is 143 Å². The zero-order valence-corrected chi connectivity index (χ0v) is 81.2. The molecule has 6 aromatic rings. The van der Waals surface area contributed by atoms with Gasteiger partial charge in [0.05, 0.1) is 48.4 Å². The van der Waals surface area contributed by atoms with Gasteiger partial charge in [-0.25, -0.2) is 28.1 Å². The van der Waals surface area contributed by atoms with Gasteiger partial charge >= 0.3 is 25.6 Å². The van der Waals surface area contributed by atoms with Crippen molar-refractivity contribution in [3.63, 3.8) is 0 Å². The van der Waals surface area contributed by atoms with Crippen LogP contribution in [0.4, 0.5) is 0 Å². The Bertz CT molecular complexity index is 3820. The molecule has 1 aromatic heterocycles. The van der Waals surface area contributed by atoms with Crippen LogP contribution in [0, 0.1) is 0 Å². The summed E-state index contributed by atoms with van der Waals surface area (Å²) in [6.07, 6.45) is 11.2. The molecule has 1 fully saturated rings. The van der Waals surface area contributed by atoms with Crippen LogP contribution in [-0.2, 0) is 51.1 Å². The summed E-state index contributed by atoms with van der Waals surface area (Å²) in [4.78, 5) is 37.6. The molecular weight excluding hydrogens is 1450 g/mol. The summed E-state index contributed by atoms with van der Waals surface area (Å²) >= 11 is 0. The zero-order valence-electron chi connectivity index (χ0n) is 71.2. The Kier molecular flexibility index (Phi) is 34.4. The lowest BCUT2D eigenvalue weighted by Crippen LogP contribution is -2.53. The van der Waals surface area contributed by atoms with Gasteiger partial charge in [-0.2, -0.15) is 0 Å². The average Bonchev–Trinajstić information content (AvgIpc) is 0.794. The van der Waals surface area contributed by atoms with Gasteiger partial charge < -0.3 is 22.9 Å². The Hall–Kier alpha value is -3.84. The summed E-state index contributed by atoms with van der Waals surface area (Å²) in [5, 5.41) is 30.1. The first-order valence-corrected chi connectivity index (χ1v) is 72.0. The predicted molar refractivity (Wildman–Crippen MR) is 481 cm³/mol. The molecule has 2 N–H and O–H groups in total. The normalized spacial score (nSPS) is 14.8. The molecule has 2 heterocycles. The Morgan fingerprint density at radius 2 is 0.808 bits per heavy atom. The van der Waals surface area contributed by atoms with Crippen LogP contribution in [-0.4, -0.2) is 112 Å². The quantitative estimate of drug-likeness (QED) is 0.0444. The van der Waals surface area contributed by atoms with Crippen LogP contribution in [0.5, 0.6) is 11.5 Å². The molecule has 1 saturated heterocycles. The largest absolute Gasteiger partial charge is 0.508 e. The molecule has 5 aromatic carbocycles. The SMILES string of the molecule is CCCCc1cc(C(C)(C)c2ccc(O)c(CCC[Si](C)(C)c3ccc([Si](C)(C)C)cc3)c2)ccc1O.CCCCn1c(=O)n(C)c(=O)n(CCC[Si](C)(C)c2ccc([Si](C)(C)C)cc2)c1=O.CCC[Si](C)(C)O[Si](C)(C)CC[Si](C)(C)c1ccc([Si](C)(C)C)cc1.C[Si]1(C)CCCCO[Si](C)(C)O1. The number of rotatable bonds is 29. The van der Waals surface area contributed by atoms with Crippen molar-refractivity contribution in [2.45, 2.75) is 311 Å². The highest BCUT2D eigenvalue weighted by Gasteiger charge is 2.38. The number of phenols is 2. The zero-order chi connectivity index (χ0) is 78.9. The van der Waals surface area contributed by atoms with Crippen LogP contribution < -0.4 is 48.2 Å². The maximum atomic E-state index is 12.8. The molecule has 11 nitrogen and oxygen atoms in total. The summed E-state index contributed by atoms with van der Waals surface area (Å²) in [5.74, 6) is 0.786. The van der Waals surface area contributed by atoms with E-state index < -0.39 is 99.0 Å². The molecule has 0 aliphatic carbocycles. The van der Waals surface area contributed by atoms with Crippen molar-refractivity contribution in [1.29, 1.82) is 0 Å². The highest BCUT2D eigenvalue weighted by atomic mass is 28.4. The smallest absolute Gasteiger partial charge is 0.336 e. The molecule has 1 aliphatic rings. The third-order valence-electron chi connectivity index (χ3n) is 21.6. The Balaban J connectivity index is 0.000000310. The Morgan fingerprint density at radius 3 is 1.20 bits per heavy atom. The number of phenolic OH excluding ortho intramolecular Hbond substituents is 2. The second-order valence-electron chi connectivity index (χ2n) is 38.0. The van der Waals surface area contributed by atoms with Crippen molar-refractivity contribution >= 4 is 113 Å². The average molecular weight is 1600 g/mol. The van der Waals surface area contributed by atoms with E-state index in [2.05, 4.69) is 269 Å². The van der Waals surface area contributed by atoms with Crippen molar-refractivity contribution in [2.24, 2.45) is 7.05 Å². The molecule has 582 valence electrons. The highest BCUT2D eigenvalue weighted by Crippen LogP contribution is 2.37. The minimum Gasteiger partial charge on any atom is -0.508 e. The number of aromatic hydroxyl groups is 2. The van der Waals surface area contributed by atoms with Crippen molar-refractivity contribution in [2.75, 3.05) is 6.61 Å². The number of unbranched alkanes of at least 4 members (excludes halogenated alkanes) is 2. The summed E-state index contributed by atoms with van der Waals surface area (Å²) in [6.45, 7) is 67.4. The molecule has 21 heteroatoms. The van der Waals surface area contributed by atoms with E-state index in [0.29, 0.717) is 24.6 Å². The van der Waals surface area contributed by atoms with E-state index in [9.17, 15) is 24.6 Å². The van der Waals surface area contributed by atoms with Gasteiger partial charge in [0.1, 0.15) is 11.5 Å². The van der Waals surface area contributed by atoms with E-state index in [1.54, 1.807) is 10.4 Å². The Labute approximate surface area is 643 Å². The first kappa shape index (κ1) is 92.5. The molecule has 0 bridgehead atoms. The van der Waals surface area contributed by atoms with Gasteiger partial charge in [0.15, 0.2) is 25.0 Å². The van der Waals surface area contributed by atoms with E-state index in [1.807, 2.05) is 25.1 Å². The number of nitrogens with zero attached hydrogens (tertiary/aromatic N) is 3. The molecular formula is C83H147N3O8Si10. The summed E-state index contributed by atoms with van der Waals surface area (Å²) in [6, 6.07) is 47.9. The second-order valence-corrected chi connectivity index (χ2v) is 84.6. The van der Waals surface area contributed by atoms with Crippen LogP contribution in [0.25, 0.3) is 0 Å². The van der Waals surface area contributed by atoms with E-state index in [0.717, 1.165) is 79.7 Å². The lowest BCUT2D eigenvalue weighted by Gasteiger charge is -2.36. The van der Waals surface area contributed by atoms with E-state index in [1.165, 1.54) is 97.5 Å². The van der Waals surface area contributed by atoms with Gasteiger partial charge in [-0.3, -0.25) is 0 Å². The predicted octanol–water partition coefficient (Wildman–Crippen LogP) is 18.6. The molecule has 1 aliphatic heterocycles. The lowest BCUT2D eigenvalue weighted by molar-refractivity contribution is 0.231. The molecule has 0 spiro atoms. The first-order valence-electron chi connectivity index (χ1n) is 39.7. The van der Waals surface area contributed by atoms with Gasteiger partial charge in [-0.15, -0.1) is 0 Å². The molecule has 0 unspecified atom stereocenters. The van der Waals surface area contributed by atoms with Crippen LogP contribution in [0.1, 0.15) is 115 Å². The third kappa shape index (κ3) is 28.9. The number of hydrogen-bond acceptors (Lipinski definition) is 8. The van der Waals surface area contributed by atoms with Crippen molar-refractivity contribution in [3.05, 3.63) is 163 Å². The molecule has 104 heavy (non-hydrogen) atoms. The maximum Gasteiger partial charge on any atom is 0.336 e. The standard InChI is InChI=1S/C33H48O2Si2.C22H37N3O3Si2.C20H42OSi4.C8H20O2Si2/c1-9-10-12-25-23-27(14-20-31(25)34)33(2,3)28-15-21-32(35)26(24-28)13-11-22-37(7,8)30-18-16-29(17-19-30)36(4,5)6;1-8-9-15-24-20(26)23(2)21(27)25(22(24)28)16-10-17-30(6,7)19-13-11-18(12-14-19)29(3,4)5;1-11-16-24(7,8)21-25(9,10)18-17-23(5,6)20-14-12-19(13-15-20)22(2,3)4;1-11(2)8-6-5-7-9-12(3,4)10-11/h14-21,23-24,34-35H,9-13,22H2,1-8H3;11-14H,8-10,15-17H2,1-7H3;12-15H,11,16-18H2,1-10H3;5-8H2,1-4H3. The van der Waals surface area contributed by atoms with Crippen molar-refractivity contribution < 1.29 is 22.9 Å². The fourth-order valence-electron chi connectivity index (χ4n) is 14.2. The minimum atomic E-state index is -1.75. The molecule has 0 atom stereocenters. The fourth-order valence-corrected chi connectivity index (χ4v) is 44.5. The lowest BCUT2D eigenvalue weighted by atomic mass is 9.76. The number of aromatic nitrogens is 3. The van der Waals surface area contributed by atoms with Crippen molar-refractivity contribution in [1.82, 2.24) is 13.7 Å². The van der Waals surface area contributed by atoms with E-state index in [-0.39, 0.29) is 5.41 Å². The molecule has 0 saturated carbocycles. The maximum absolute atomic E-state index is 12.8. The summed E-state index contributed by atoms with van der Waals surface area (Å²) in [7, 11) is -13.1. The monoisotopic (exact) mass is 1590 g/mol. The first-order chi connectivity index (χ1) is 47.7. The number of aryl methyl sites for hydroxylation is 2. The highest BCUT2D eigenvalue weighted by molar-refractivity contribution is 6.93. The topological polar surface area (TPSA) is 134 Å². The molecule has 7 rings (SSSR count). The van der Waals surface area contributed by atoms with Crippen LogP contribution in [0.15, 0.2) is 124 Å². The minimum absolute atomic E-state index is 0.219. The van der Waals surface area contributed by atoms with Crippen LogP contribution in [0.2, 0.25) is 187 Å². The molecule has 0 radical (unpaired) electrons. The van der Waals surface area contributed by atoms with Crippen LogP contribution in [0.3, 0.4) is 0 Å². The summed E-state index contributed by atoms with van der Waals surface area (Å²) < 4.78 is 22.1. The number of benzene rings is 5. The van der Waals surface area contributed by atoms with E-state index >= 15 is 0 Å². The fraction of sp³-hybridized carbons (Fsp3) is 0.602. The van der Waals surface area contributed by atoms with Gasteiger partial charge in [-0.1, -0.05) is 311 Å². The second kappa shape index (κ2) is 38.7. The van der Waals surface area contributed by atoms with Gasteiger partial charge in [0.25, 0.3) is 0 Å². The summed E-state index contributed by atoms with van der Waals surface area (Å²) in [5.41, 5.74) is 2.72.